The number of carbonyl (C=O) groups excluding carboxylic acids is 1. The maximum absolute atomic E-state index is 13.8. The fraction of sp³-hybridized carbons (Fsp3) is 0.409. The average molecular weight is 454 g/mol. The van der Waals surface area contributed by atoms with Crippen LogP contribution in [0.5, 0.6) is 5.75 Å². The number of nitrogens with zero attached hydrogens (tertiary/aromatic N) is 2. The summed E-state index contributed by atoms with van der Waals surface area (Å²) in [6, 6.07) is 10.3. The summed E-state index contributed by atoms with van der Waals surface area (Å²) in [5.74, 6) is -1.23. The zero-order valence-corrected chi connectivity index (χ0v) is 18.0. The Morgan fingerprint density at radius 3 is 2.74 bits per heavy atom. The number of carbonyl (C=O) groups is 1. The monoisotopic (exact) mass is 453 g/mol. The maximum atomic E-state index is 13.8. The predicted molar refractivity (Wildman–Crippen MR) is 115 cm³/mol. The second-order valence-corrected chi connectivity index (χ2v) is 8.08. The third-order valence-electron chi connectivity index (χ3n) is 5.13. The van der Waals surface area contributed by atoms with Crippen LogP contribution in [-0.4, -0.2) is 72.3 Å². The molecule has 1 aliphatic heterocycles. The fourth-order valence-electron chi connectivity index (χ4n) is 3.54. The summed E-state index contributed by atoms with van der Waals surface area (Å²) < 4.78 is 32.8. The molecule has 31 heavy (non-hydrogen) atoms. The second kappa shape index (κ2) is 10.9. The number of β-amino-alcohol motifs (C(OH)–C–C–N with tert-alkyl or cyclic N) is 1. The first-order chi connectivity index (χ1) is 14.8. The summed E-state index contributed by atoms with van der Waals surface area (Å²) >= 11 is 5.72. The van der Waals surface area contributed by atoms with Crippen LogP contribution in [0.15, 0.2) is 42.5 Å². The van der Waals surface area contributed by atoms with Crippen molar-refractivity contribution in [2.45, 2.75) is 19.1 Å². The molecule has 2 aromatic rings. The van der Waals surface area contributed by atoms with Crippen molar-refractivity contribution in [2.75, 3.05) is 44.6 Å². The molecular formula is C22H26ClF2N3O3. The summed E-state index contributed by atoms with van der Waals surface area (Å²) in [6.45, 7) is 4.42. The summed E-state index contributed by atoms with van der Waals surface area (Å²) in [5.41, 5.74) is 0.0964. The molecular weight excluding hydrogens is 428 g/mol. The first kappa shape index (κ1) is 23.4. The van der Waals surface area contributed by atoms with E-state index >= 15 is 0 Å². The van der Waals surface area contributed by atoms with Crippen molar-refractivity contribution in [3.63, 3.8) is 0 Å². The van der Waals surface area contributed by atoms with Crippen LogP contribution in [0, 0.1) is 11.6 Å². The SMILES string of the molecule is C[C@H]1CN(CC(=O)Nc2ccc(Cl)cc2F)CCN1C[C@@H](O)COc1ccccc1F. The van der Waals surface area contributed by atoms with Gasteiger partial charge in [-0.2, -0.15) is 0 Å². The number of hydrogen-bond acceptors (Lipinski definition) is 5. The minimum absolute atomic E-state index is 0.0110. The number of para-hydroxylation sites is 1. The predicted octanol–water partition coefficient (Wildman–Crippen LogP) is 3.00. The molecule has 1 fully saturated rings. The van der Waals surface area contributed by atoms with Gasteiger partial charge in [-0.3, -0.25) is 14.6 Å². The highest BCUT2D eigenvalue weighted by atomic mass is 35.5. The molecule has 0 bridgehead atoms. The molecule has 0 aromatic heterocycles. The number of amides is 1. The van der Waals surface area contributed by atoms with E-state index in [-0.39, 0.29) is 41.6 Å². The molecule has 168 valence electrons. The van der Waals surface area contributed by atoms with Crippen LogP contribution in [0.1, 0.15) is 6.92 Å². The molecule has 0 spiro atoms. The Hall–Kier alpha value is -2.26. The van der Waals surface area contributed by atoms with E-state index in [1.54, 1.807) is 12.1 Å². The Morgan fingerprint density at radius 1 is 1.26 bits per heavy atom. The number of piperazine rings is 1. The molecule has 1 aliphatic rings. The Labute approximate surface area is 185 Å². The summed E-state index contributed by atoms with van der Waals surface area (Å²) in [7, 11) is 0. The lowest BCUT2D eigenvalue weighted by atomic mass is 10.1. The van der Waals surface area contributed by atoms with Crippen LogP contribution in [0.2, 0.25) is 5.02 Å². The minimum Gasteiger partial charge on any atom is -0.488 e. The van der Waals surface area contributed by atoms with E-state index < -0.39 is 17.7 Å². The third kappa shape index (κ3) is 6.87. The van der Waals surface area contributed by atoms with Gasteiger partial charge in [-0.1, -0.05) is 23.7 Å². The van der Waals surface area contributed by atoms with Gasteiger partial charge in [0.1, 0.15) is 18.5 Å². The van der Waals surface area contributed by atoms with Gasteiger partial charge in [-0.05, 0) is 37.3 Å². The molecule has 2 aromatic carbocycles. The van der Waals surface area contributed by atoms with Crippen molar-refractivity contribution >= 4 is 23.2 Å². The molecule has 0 unspecified atom stereocenters. The molecule has 0 radical (unpaired) electrons. The quantitative estimate of drug-likeness (QED) is 0.643. The van der Waals surface area contributed by atoms with E-state index in [9.17, 15) is 18.7 Å². The van der Waals surface area contributed by atoms with Crippen LogP contribution in [0.25, 0.3) is 0 Å². The molecule has 6 nitrogen and oxygen atoms in total. The number of halogens is 3. The molecule has 2 atom stereocenters. The number of hydrogen-bond donors (Lipinski definition) is 2. The molecule has 3 rings (SSSR count). The number of ether oxygens (including phenoxy) is 1. The third-order valence-corrected chi connectivity index (χ3v) is 5.37. The van der Waals surface area contributed by atoms with E-state index in [0.717, 1.165) is 6.07 Å². The smallest absolute Gasteiger partial charge is 0.238 e. The van der Waals surface area contributed by atoms with Crippen molar-refractivity contribution in [1.29, 1.82) is 0 Å². The van der Waals surface area contributed by atoms with Crippen molar-refractivity contribution in [3.05, 3.63) is 59.1 Å². The van der Waals surface area contributed by atoms with Crippen LogP contribution >= 0.6 is 11.6 Å². The van der Waals surface area contributed by atoms with Crippen molar-refractivity contribution in [1.82, 2.24) is 9.80 Å². The van der Waals surface area contributed by atoms with Crippen LogP contribution < -0.4 is 10.1 Å². The van der Waals surface area contributed by atoms with Crippen LogP contribution in [-0.2, 0) is 4.79 Å². The number of nitrogens with one attached hydrogen (secondary N) is 1. The molecule has 9 heteroatoms. The van der Waals surface area contributed by atoms with E-state index in [2.05, 4.69) is 10.2 Å². The second-order valence-electron chi connectivity index (χ2n) is 7.65. The van der Waals surface area contributed by atoms with Gasteiger partial charge in [0.05, 0.1) is 12.2 Å². The number of benzene rings is 2. The first-order valence-electron chi connectivity index (χ1n) is 10.1. The fourth-order valence-corrected chi connectivity index (χ4v) is 3.70. The number of aliphatic hydroxyl groups excluding tert-OH is 1. The Bertz CT molecular complexity index is 902. The first-order valence-corrected chi connectivity index (χ1v) is 10.5. The van der Waals surface area contributed by atoms with Gasteiger partial charge in [0, 0.05) is 37.2 Å². The topological polar surface area (TPSA) is 65.0 Å². The van der Waals surface area contributed by atoms with E-state index in [1.807, 2.05) is 11.8 Å². The number of rotatable bonds is 8. The normalized spacial score (nSPS) is 18.5. The van der Waals surface area contributed by atoms with Gasteiger partial charge in [0.15, 0.2) is 11.6 Å². The zero-order chi connectivity index (χ0) is 22.4. The maximum Gasteiger partial charge on any atom is 0.238 e. The molecule has 1 amide bonds. The molecule has 0 saturated carbocycles. The van der Waals surface area contributed by atoms with Gasteiger partial charge in [-0.25, -0.2) is 8.78 Å². The lowest BCUT2D eigenvalue weighted by Gasteiger charge is -2.40. The highest BCUT2D eigenvalue weighted by Crippen LogP contribution is 2.19. The van der Waals surface area contributed by atoms with Gasteiger partial charge in [-0.15, -0.1) is 0 Å². The minimum atomic E-state index is -0.773. The van der Waals surface area contributed by atoms with Gasteiger partial charge in [0.25, 0.3) is 0 Å². The highest BCUT2D eigenvalue weighted by molar-refractivity contribution is 6.30. The highest BCUT2D eigenvalue weighted by Gasteiger charge is 2.26. The molecule has 0 aliphatic carbocycles. The number of anilines is 1. The summed E-state index contributed by atoms with van der Waals surface area (Å²) in [4.78, 5) is 16.4. The number of aliphatic hydroxyl groups is 1. The van der Waals surface area contributed by atoms with Crippen molar-refractivity contribution in [2.24, 2.45) is 0 Å². The Balaban J connectivity index is 1.42. The Morgan fingerprint density at radius 2 is 2.03 bits per heavy atom. The lowest BCUT2D eigenvalue weighted by Crippen LogP contribution is -2.55. The molecule has 2 N–H and O–H groups in total. The van der Waals surface area contributed by atoms with Gasteiger partial charge < -0.3 is 15.2 Å². The van der Waals surface area contributed by atoms with E-state index in [4.69, 9.17) is 16.3 Å². The van der Waals surface area contributed by atoms with Crippen molar-refractivity contribution < 1.29 is 23.4 Å². The Kier molecular flexibility index (Phi) is 8.20. The lowest BCUT2D eigenvalue weighted by molar-refractivity contribution is -0.118. The van der Waals surface area contributed by atoms with E-state index in [1.165, 1.54) is 24.3 Å². The standard InChI is InChI=1S/C22H26ClF2N3O3/c1-15-11-27(13-22(30)26-20-7-6-16(23)10-19(20)25)8-9-28(15)12-17(29)14-31-21-5-3-2-4-18(21)24/h2-7,10,15,17,29H,8-9,11-14H2,1H3,(H,26,30)/t15-,17+/m0/s1. The van der Waals surface area contributed by atoms with Crippen LogP contribution in [0.4, 0.5) is 14.5 Å². The largest absolute Gasteiger partial charge is 0.488 e. The van der Waals surface area contributed by atoms with Gasteiger partial charge in [0.2, 0.25) is 5.91 Å². The summed E-state index contributed by atoms with van der Waals surface area (Å²) in [6.07, 6.45) is -0.773. The molecule has 1 saturated heterocycles. The van der Waals surface area contributed by atoms with Gasteiger partial charge >= 0.3 is 0 Å². The zero-order valence-electron chi connectivity index (χ0n) is 17.2. The summed E-state index contributed by atoms with van der Waals surface area (Å²) in [5, 5.41) is 13.1. The average Bonchev–Trinajstić information content (AvgIpc) is 2.71. The van der Waals surface area contributed by atoms with Crippen molar-refractivity contribution in [3.8, 4) is 5.75 Å². The van der Waals surface area contributed by atoms with Crippen LogP contribution in [0.3, 0.4) is 0 Å². The molecule has 1 heterocycles. The van der Waals surface area contributed by atoms with E-state index in [0.29, 0.717) is 26.2 Å².